The summed E-state index contributed by atoms with van der Waals surface area (Å²) in [6.07, 6.45) is -2.14. The van der Waals surface area contributed by atoms with Gasteiger partial charge in [-0.15, -0.1) is 0 Å². The highest BCUT2D eigenvalue weighted by Crippen LogP contribution is 2.52. The fourth-order valence-electron chi connectivity index (χ4n) is 4.38. The van der Waals surface area contributed by atoms with Crippen LogP contribution < -0.4 is 10.1 Å². The Morgan fingerprint density at radius 2 is 1.80 bits per heavy atom. The van der Waals surface area contributed by atoms with E-state index in [9.17, 15) is 13.2 Å². The lowest BCUT2D eigenvalue weighted by atomic mass is 9.80. The molecule has 1 aliphatic carbocycles. The summed E-state index contributed by atoms with van der Waals surface area (Å²) in [7, 11) is 1.65. The predicted molar refractivity (Wildman–Crippen MR) is 89.7 cm³/mol. The number of alkyl halides is 3. The molecule has 0 amide bonds. The molecule has 1 saturated heterocycles. The van der Waals surface area contributed by atoms with Crippen LogP contribution in [0.2, 0.25) is 0 Å². The summed E-state index contributed by atoms with van der Waals surface area (Å²) in [6.45, 7) is 0.970. The maximum Gasteiger partial charge on any atom is 0.416 e. The van der Waals surface area contributed by atoms with E-state index in [0.29, 0.717) is 5.92 Å². The van der Waals surface area contributed by atoms with Crippen LogP contribution in [0.25, 0.3) is 0 Å². The monoisotopic (exact) mass is 347 g/mol. The van der Waals surface area contributed by atoms with Gasteiger partial charge in [-0.1, -0.05) is 18.2 Å². The number of nitrogens with one attached hydrogen (secondary N) is 1. The molecule has 2 aromatic carbocycles. The molecule has 2 aliphatic rings. The van der Waals surface area contributed by atoms with Crippen molar-refractivity contribution >= 4 is 0 Å². The molecule has 1 aliphatic heterocycles. The van der Waals surface area contributed by atoms with Crippen LogP contribution in [-0.2, 0) is 6.18 Å². The molecular weight excluding hydrogens is 327 g/mol. The molecule has 3 atom stereocenters. The Labute approximate surface area is 145 Å². The van der Waals surface area contributed by atoms with Crippen LogP contribution >= 0.6 is 0 Å². The Balaban J connectivity index is 1.76. The molecule has 1 heterocycles. The van der Waals surface area contributed by atoms with E-state index in [-0.39, 0.29) is 12.0 Å². The average molecular weight is 347 g/mol. The summed E-state index contributed by atoms with van der Waals surface area (Å²) in [5.74, 6) is 1.31. The number of piperidine rings is 1. The number of hydrogen-bond donors (Lipinski definition) is 1. The third-order valence-electron chi connectivity index (χ3n) is 5.50. The van der Waals surface area contributed by atoms with Crippen molar-refractivity contribution in [1.29, 1.82) is 0 Å². The van der Waals surface area contributed by atoms with E-state index in [2.05, 4.69) is 17.4 Å². The number of benzene rings is 2. The number of hydrogen-bond acceptors (Lipinski definition) is 2. The van der Waals surface area contributed by atoms with E-state index in [1.165, 1.54) is 23.3 Å². The number of fused-ring (bicyclic) bond motifs is 3. The molecule has 1 N–H and O–H groups in total. The molecule has 3 unspecified atom stereocenters. The van der Waals surface area contributed by atoms with Crippen molar-refractivity contribution in [2.24, 2.45) is 5.92 Å². The van der Waals surface area contributed by atoms with E-state index >= 15 is 0 Å². The Bertz CT molecular complexity index is 770. The lowest BCUT2D eigenvalue weighted by Crippen LogP contribution is -2.32. The number of rotatable bonds is 2. The van der Waals surface area contributed by atoms with Crippen molar-refractivity contribution in [1.82, 2.24) is 5.32 Å². The van der Waals surface area contributed by atoms with Gasteiger partial charge in [-0.2, -0.15) is 13.2 Å². The summed E-state index contributed by atoms with van der Waals surface area (Å²) in [5, 5.41) is 3.59. The number of methoxy groups -OCH3 is 1. The minimum absolute atomic E-state index is 0.126. The summed E-state index contributed by atoms with van der Waals surface area (Å²) in [4.78, 5) is 0. The van der Waals surface area contributed by atoms with Gasteiger partial charge in [-0.3, -0.25) is 0 Å². The zero-order valence-corrected chi connectivity index (χ0v) is 13.9. The molecular formula is C20H20F3NO. The Kier molecular flexibility index (Phi) is 3.99. The van der Waals surface area contributed by atoms with Crippen LogP contribution in [0, 0.1) is 5.92 Å². The van der Waals surface area contributed by atoms with E-state index in [1.54, 1.807) is 19.2 Å². The highest BCUT2D eigenvalue weighted by molar-refractivity contribution is 5.49. The minimum atomic E-state index is -4.30. The second kappa shape index (κ2) is 6.06. The fourth-order valence-corrected chi connectivity index (χ4v) is 4.38. The van der Waals surface area contributed by atoms with Crippen LogP contribution in [0.5, 0.6) is 5.75 Å². The van der Waals surface area contributed by atoms with Crippen LogP contribution in [0.4, 0.5) is 13.2 Å². The fraction of sp³-hybridized carbons (Fsp3) is 0.400. The first-order valence-corrected chi connectivity index (χ1v) is 8.57. The third-order valence-corrected chi connectivity index (χ3v) is 5.50. The van der Waals surface area contributed by atoms with Gasteiger partial charge in [0.15, 0.2) is 0 Å². The second-order valence-electron chi connectivity index (χ2n) is 6.83. The van der Waals surface area contributed by atoms with Crippen LogP contribution in [0.3, 0.4) is 0 Å². The van der Waals surface area contributed by atoms with Crippen molar-refractivity contribution < 1.29 is 17.9 Å². The van der Waals surface area contributed by atoms with Gasteiger partial charge in [-0.05, 0) is 66.3 Å². The summed E-state index contributed by atoms with van der Waals surface area (Å²) < 4.78 is 44.0. The van der Waals surface area contributed by atoms with Crippen LogP contribution in [0.1, 0.15) is 47.1 Å². The first kappa shape index (κ1) is 16.5. The van der Waals surface area contributed by atoms with Gasteiger partial charge < -0.3 is 10.1 Å². The molecule has 4 rings (SSSR count). The normalized spacial score (nSPS) is 25.4. The van der Waals surface area contributed by atoms with Crippen molar-refractivity contribution in [2.45, 2.75) is 31.0 Å². The molecule has 2 aromatic rings. The molecule has 0 radical (unpaired) electrons. The van der Waals surface area contributed by atoms with Gasteiger partial charge in [0.25, 0.3) is 0 Å². The van der Waals surface area contributed by atoms with Gasteiger partial charge in [0.1, 0.15) is 5.75 Å². The van der Waals surface area contributed by atoms with Crippen LogP contribution in [-0.4, -0.2) is 13.7 Å². The molecule has 2 nitrogen and oxygen atoms in total. The largest absolute Gasteiger partial charge is 0.497 e. The molecule has 0 bridgehead atoms. The first-order valence-electron chi connectivity index (χ1n) is 8.57. The maximum absolute atomic E-state index is 12.9. The summed E-state index contributed by atoms with van der Waals surface area (Å²) in [5.41, 5.74) is 2.78. The van der Waals surface area contributed by atoms with Crippen molar-refractivity contribution in [2.75, 3.05) is 13.7 Å². The van der Waals surface area contributed by atoms with Crippen molar-refractivity contribution in [3.63, 3.8) is 0 Å². The van der Waals surface area contributed by atoms with Crippen molar-refractivity contribution in [3.8, 4) is 5.75 Å². The predicted octanol–water partition coefficient (Wildman–Crippen LogP) is 4.90. The highest BCUT2D eigenvalue weighted by Gasteiger charge is 2.42. The van der Waals surface area contributed by atoms with Gasteiger partial charge in [-0.25, -0.2) is 0 Å². The van der Waals surface area contributed by atoms with Gasteiger partial charge in [0, 0.05) is 12.0 Å². The lowest BCUT2D eigenvalue weighted by Gasteiger charge is -2.31. The summed E-state index contributed by atoms with van der Waals surface area (Å²) >= 11 is 0. The maximum atomic E-state index is 12.9. The van der Waals surface area contributed by atoms with E-state index in [1.807, 2.05) is 6.07 Å². The van der Waals surface area contributed by atoms with Gasteiger partial charge in [0.05, 0.1) is 12.7 Å². The number of ether oxygens (including phenoxy) is 1. The Morgan fingerprint density at radius 3 is 2.48 bits per heavy atom. The van der Waals surface area contributed by atoms with E-state index in [4.69, 9.17) is 4.74 Å². The van der Waals surface area contributed by atoms with E-state index in [0.717, 1.165) is 30.7 Å². The Hall–Kier alpha value is -2.01. The molecule has 132 valence electrons. The quantitative estimate of drug-likeness (QED) is 0.834. The number of halogens is 3. The second-order valence-corrected chi connectivity index (χ2v) is 6.83. The SMILES string of the molecule is COc1ccc2c(c1)C1NCCCC1C2c1ccc(C(F)(F)F)cc1. The standard InChI is InChI=1S/C20H20F3NO/c1-25-14-8-9-15-17(11-14)19-16(3-2-10-24-19)18(15)12-4-6-13(7-5-12)20(21,22)23/h4-9,11,16,18-19,24H,2-3,10H2,1H3. The molecule has 5 heteroatoms. The molecule has 1 fully saturated rings. The minimum Gasteiger partial charge on any atom is -0.497 e. The van der Waals surface area contributed by atoms with Crippen LogP contribution in [0.15, 0.2) is 42.5 Å². The molecule has 0 spiro atoms. The molecule has 0 aromatic heterocycles. The highest BCUT2D eigenvalue weighted by atomic mass is 19.4. The Morgan fingerprint density at radius 1 is 1.04 bits per heavy atom. The lowest BCUT2D eigenvalue weighted by molar-refractivity contribution is -0.137. The van der Waals surface area contributed by atoms with Gasteiger partial charge in [0.2, 0.25) is 0 Å². The zero-order chi connectivity index (χ0) is 17.6. The molecule has 25 heavy (non-hydrogen) atoms. The summed E-state index contributed by atoms with van der Waals surface area (Å²) in [6, 6.07) is 12.0. The van der Waals surface area contributed by atoms with Gasteiger partial charge >= 0.3 is 6.18 Å². The smallest absolute Gasteiger partial charge is 0.416 e. The molecule has 0 saturated carbocycles. The third kappa shape index (κ3) is 2.80. The van der Waals surface area contributed by atoms with Crippen molar-refractivity contribution in [3.05, 3.63) is 64.7 Å². The topological polar surface area (TPSA) is 21.3 Å². The zero-order valence-electron chi connectivity index (χ0n) is 13.9. The van der Waals surface area contributed by atoms with E-state index < -0.39 is 11.7 Å². The average Bonchev–Trinajstić information content (AvgIpc) is 2.94. The first-order chi connectivity index (χ1) is 12.0.